The van der Waals surface area contributed by atoms with Crippen LogP contribution in [0.5, 0.6) is 0 Å². The lowest BCUT2D eigenvalue weighted by Crippen LogP contribution is -2.02. The van der Waals surface area contributed by atoms with Crippen LogP contribution < -0.4 is 0 Å². The Balaban J connectivity index is 3.26. The van der Waals surface area contributed by atoms with Crippen LogP contribution in [0.15, 0.2) is 11.6 Å². The Kier molecular flexibility index (Phi) is 7.36. The molecule has 0 bridgehead atoms. The van der Waals surface area contributed by atoms with Crippen molar-refractivity contribution in [1.82, 2.24) is 0 Å². The van der Waals surface area contributed by atoms with Crippen molar-refractivity contribution < 1.29 is 9.53 Å². The first-order valence-electron chi connectivity index (χ1n) is 4.95. The maximum absolute atomic E-state index is 10.9. The minimum absolute atomic E-state index is 0.0697. The molecule has 13 heavy (non-hydrogen) atoms. The maximum Gasteiger partial charge on any atom is 0.305 e. The molecule has 0 amide bonds. The van der Waals surface area contributed by atoms with Crippen LogP contribution in [0.2, 0.25) is 0 Å². The molecule has 0 fully saturated rings. The summed E-state index contributed by atoms with van der Waals surface area (Å²) in [5.41, 5.74) is 1.34. The summed E-state index contributed by atoms with van der Waals surface area (Å²) in [4.78, 5) is 10.9. The molecule has 76 valence electrons. The van der Waals surface area contributed by atoms with E-state index in [0.717, 1.165) is 19.3 Å². The van der Waals surface area contributed by atoms with Gasteiger partial charge in [0.15, 0.2) is 0 Å². The molecular formula is C11H20O2. The van der Waals surface area contributed by atoms with Gasteiger partial charge in [-0.3, -0.25) is 4.79 Å². The number of hydrogen-bond donors (Lipinski definition) is 0. The van der Waals surface area contributed by atoms with Crippen LogP contribution in [-0.4, -0.2) is 12.6 Å². The van der Waals surface area contributed by atoms with Crippen molar-refractivity contribution in [1.29, 1.82) is 0 Å². The number of allylic oxidation sites excluding steroid dienone is 2. The van der Waals surface area contributed by atoms with Crippen molar-refractivity contribution in [2.75, 3.05) is 6.61 Å². The number of carbonyl (C=O) groups is 1. The van der Waals surface area contributed by atoms with E-state index < -0.39 is 0 Å². The molecule has 2 heteroatoms. The van der Waals surface area contributed by atoms with E-state index in [1.807, 2.05) is 6.92 Å². The van der Waals surface area contributed by atoms with Gasteiger partial charge in [-0.2, -0.15) is 0 Å². The van der Waals surface area contributed by atoms with Crippen molar-refractivity contribution in [2.45, 2.75) is 46.5 Å². The zero-order chi connectivity index (χ0) is 10.1. The molecule has 0 rings (SSSR count). The van der Waals surface area contributed by atoms with Gasteiger partial charge in [0.1, 0.15) is 0 Å². The summed E-state index contributed by atoms with van der Waals surface area (Å²) < 4.78 is 4.82. The van der Waals surface area contributed by atoms with Gasteiger partial charge >= 0.3 is 5.97 Å². The van der Waals surface area contributed by atoms with Gasteiger partial charge in [-0.1, -0.05) is 11.6 Å². The highest BCUT2D eigenvalue weighted by Gasteiger charge is 1.99. The van der Waals surface area contributed by atoms with E-state index in [-0.39, 0.29) is 5.97 Å². The Morgan fingerprint density at radius 2 is 2.00 bits per heavy atom. The average Bonchev–Trinajstić information content (AvgIpc) is 2.03. The van der Waals surface area contributed by atoms with Crippen LogP contribution in [0.25, 0.3) is 0 Å². The minimum Gasteiger partial charge on any atom is -0.466 e. The molecule has 0 N–H and O–H groups in total. The van der Waals surface area contributed by atoms with E-state index >= 15 is 0 Å². The molecule has 0 aromatic heterocycles. The Morgan fingerprint density at radius 3 is 2.54 bits per heavy atom. The molecule has 0 aliphatic rings. The van der Waals surface area contributed by atoms with Crippen LogP contribution in [0, 0.1) is 0 Å². The van der Waals surface area contributed by atoms with Gasteiger partial charge in [0.05, 0.1) is 6.61 Å². The molecule has 0 saturated heterocycles. The summed E-state index contributed by atoms with van der Waals surface area (Å²) in [5.74, 6) is -0.0697. The third-order valence-electron chi connectivity index (χ3n) is 1.69. The fourth-order valence-corrected chi connectivity index (χ4v) is 1.04. The molecule has 0 atom stereocenters. The number of unbranched alkanes of at least 4 members (excludes halogenated alkanes) is 2. The van der Waals surface area contributed by atoms with E-state index in [2.05, 4.69) is 19.9 Å². The van der Waals surface area contributed by atoms with Gasteiger partial charge in [-0.05, 0) is 40.0 Å². The second-order valence-electron chi connectivity index (χ2n) is 3.33. The summed E-state index contributed by atoms with van der Waals surface area (Å²) >= 11 is 0. The maximum atomic E-state index is 10.9. The van der Waals surface area contributed by atoms with Crippen molar-refractivity contribution >= 4 is 5.97 Å². The van der Waals surface area contributed by atoms with Crippen molar-refractivity contribution in [3.8, 4) is 0 Å². The Morgan fingerprint density at radius 1 is 1.31 bits per heavy atom. The Labute approximate surface area is 81.0 Å². The predicted octanol–water partition coefficient (Wildman–Crippen LogP) is 3.08. The van der Waals surface area contributed by atoms with E-state index in [0.29, 0.717) is 13.0 Å². The molecule has 2 nitrogen and oxygen atoms in total. The topological polar surface area (TPSA) is 26.3 Å². The Bertz CT molecular complexity index is 167. The fraction of sp³-hybridized carbons (Fsp3) is 0.727. The second-order valence-corrected chi connectivity index (χ2v) is 3.33. The monoisotopic (exact) mass is 184 g/mol. The van der Waals surface area contributed by atoms with Crippen LogP contribution in [-0.2, 0) is 9.53 Å². The first-order valence-corrected chi connectivity index (χ1v) is 4.95. The molecule has 0 aliphatic heterocycles. The van der Waals surface area contributed by atoms with Crippen LogP contribution in [0.3, 0.4) is 0 Å². The quantitative estimate of drug-likeness (QED) is 0.360. The first-order chi connectivity index (χ1) is 6.16. The van der Waals surface area contributed by atoms with Crippen LogP contribution >= 0.6 is 0 Å². The normalized spacial score (nSPS) is 9.46. The van der Waals surface area contributed by atoms with Crippen molar-refractivity contribution in [3.05, 3.63) is 11.6 Å². The number of hydrogen-bond acceptors (Lipinski definition) is 2. The summed E-state index contributed by atoms with van der Waals surface area (Å²) in [6.45, 7) is 6.50. The van der Waals surface area contributed by atoms with E-state index in [4.69, 9.17) is 4.74 Å². The molecule has 0 aromatic carbocycles. The minimum atomic E-state index is -0.0697. The van der Waals surface area contributed by atoms with Gasteiger partial charge in [-0.15, -0.1) is 0 Å². The third-order valence-corrected chi connectivity index (χ3v) is 1.69. The molecule has 0 aliphatic carbocycles. The summed E-state index contributed by atoms with van der Waals surface area (Å²) in [6.07, 6.45) is 5.84. The van der Waals surface area contributed by atoms with Gasteiger partial charge in [0, 0.05) is 6.42 Å². The largest absolute Gasteiger partial charge is 0.466 e. The summed E-state index contributed by atoms with van der Waals surface area (Å²) in [6, 6.07) is 0. The number of carbonyl (C=O) groups excluding carboxylic acids is 1. The lowest BCUT2D eigenvalue weighted by Gasteiger charge is -2.00. The lowest BCUT2D eigenvalue weighted by molar-refractivity contribution is -0.143. The van der Waals surface area contributed by atoms with Crippen LogP contribution in [0.4, 0.5) is 0 Å². The molecule has 0 aromatic rings. The van der Waals surface area contributed by atoms with E-state index in [1.54, 1.807) is 0 Å². The number of rotatable bonds is 6. The molecule has 0 heterocycles. The highest BCUT2D eigenvalue weighted by atomic mass is 16.5. The molecule has 0 spiro atoms. The SMILES string of the molecule is CCOC(=O)CCCCC=C(C)C. The third kappa shape index (κ3) is 9.12. The first kappa shape index (κ1) is 12.2. The fourth-order valence-electron chi connectivity index (χ4n) is 1.04. The highest BCUT2D eigenvalue weighted by molar-refractivity contribution is 5.69. The molecule has 0 unspecified atom stereocenters. The van der Waals surface area contributed by atoms with Crippen molar-refractivity contribution in [3.63, 3.8) is 0 Å². The van der Waals surface area contributed by atoms with E-state index in [1.165, 1.54) is 5.57 Å². The van der Waals surface area contributed by atoms with Gasteiger partial charge in [0.25, 0.3) is 0 Å². The van der Waals surface area contributed by atoms with E-state index in [9.17, 15) is 4.79 Å². The Hall–Kier alpha value is -0.790. The zero-order valence-corrected chi connectivity index (χ0v) is 8.93. The summed E-state index contributed by atoms with van der Waals surface area (Å²) in [7, 11) is 0. The van der Waals surface area contributed by atoms with Crippen molar-refractivity contribution in [2.24, 2.45) is 0 Å². The smallest absolute Gasteiger partial charge is 0.305 e. The highest BCUT2D eigenvalue weighted by Crippen LogP contribution is 2.04. The predicted molar refractivity (Wildman–Crippen MR) is 54.5 cm³/mol. The average molecular weight is 184 g/mol. The summed E-state index contributed by atoms with van der Waals surface area (Å²) in [5, 5.41) is 0. The van der Waals surface area contributed by atoms with Gasteiger partial charge in [-0.25, -0.2) is 0 Å². The van der Waals surface area contributed by atoms with Crippen LogP contribution in [0.1, 0.15) is 46.5 Å². The zero-order valence-electron chi connectivity index (χ0n) is 8.93. The number of ether oxygens (including phenoxy) is 1. The lowest BCUT2D eigenvalue weighted by atomic mass is 10.1. The molecule has 0 saturated carbocycles. The van der Waals surface area contributed by atoms with Gasteiger partial charge in [0.2, 0.25) is 0 Å². The molecular weight excluding hydrogens is 164 g/mol. The second kappa shape index (κ2) is 7.84. The van der Waals surface area contributed by atoms with Gasteiger partial charge < -0.3 is 4.74 Å². The molecule has 0 radical (unpaired) electrons. The standard InChI is InChI=1S/C11H20O2/c1-4-13-11(12)9-7-5-6-8-10(2)3/h8H,4-7,9H2,1-3H3. The number of esters is 1.